The number of hydrogen-bond donors (Lipinski definition) is 3. The molecular formula is C23H31FN4O5. The maximum absolute atomic E-state index is 14.1. The van der Waals surface area contributed by atoms with Crippen LogP contribution in [0.25, 0.3) is 10.9 Å². The molecule has 0 amide bonds. The van der Waals surface area contributed by atoms with Crippen LogP contribution in [0.4, 0.5) is 10.1 Å². The van der Waals surface area contributed by atoms with Gasteiger partial charge >= 0.3 is 5.97 Å². The summed E-state index contributed by atoms with van der Waals surface area (Å²) in [6, 6.07) is 4.77. The molecule has 180 valence electrons. The molecule has 1 aromatic carbocycles. The number of aryl methyl sites for hydroxylation is 1. The second-order valence-corrected chi connectivity index (χ2v) is 8.68. The van der Waals surface area contributed by atoms with Gasteiger partial charge in [-0.2, -0.15) is 5.10 Å². The largest absolute Gasteiger partial charge is 0.465 e. The van der Waals surface area contributed by atoms with Crippen molar-refractivity contribution in [2.45, 2.75) is 44.9 Å². The van der Waals surface area contributed by atoms with Crippen LogP contribution in [-0.2, 0) is 28.0 Å². The smallest absolute Gasteiger partial charge is 0.341 e. The summed E-state index contributed by atoms with van der Waals surface area (Å²) in [6.07, 6.45) is 2.84. The van der Waals surface area contributed by atoms with Crippen molar-refractivity contribution in [1.82, 2.24) is 14.3 Å². The fourth-order valence-corrected chi connectivity index (χ4v) is 3.66. The lowest BCUT2D eigenvalue weighted by atomic mass is 9.90. The molecule has 3 rings (SSSR count). The molecule has 0 saturated heterocycles. The zero-order valence-corrected chi connectivity index (χ0v) is 19.1. The Morgan fingerprint density at radius 1 is 1.33 bits per heavy atom. The van der Waals surface area contributed by atoms with Gasteiger partial charge in [-0.3, -0.25) is 4.68 Å². The van der Waals surface area contributed by atoms with Gasteiger partial charge in [-0.05, 0) is 18.6 Å². The minimum absolute atomic E-state index is 0.0489. The molecular weight excluding hydrogens is 431 g/mol. The van der Waals surface area contributed by atoms with E-state index in [9.17, 15) is 19.4 Å². The van der Waals surface area contributed by atoms with Crippen molar-refractivity contribution in [3.8, 4) is 0 Å². The summed E-state index contributed by atoms with van der Waals surface area (Å²) >= 11 is 0. The third-order valence-corrected chi connectivity index (χ3v) is 5.54. The third-order valence-electron chi connectivity index (χ3n) is 5.54. The normalized spacial score (nSPS) is 12.9. The Kier molecular flexibility index (Phi) is 7.72. The number of nitrogen functional groups attached to an aromatic ring is 1. The average Bonchev–Trinajstić information content (AvgIpc) is 3.39. The van der Waals surface area contributed by atoms with Gasteiger partial charge in [0.1, 0.15) is 5.82 Å². The van der Waals surface area contributed by atoms with Crippen molar-refractivity contribution >= 4 is 22.6 Å². The number of rotatable bonds is 11. The van der Waals surface area contributed by atoms with Crippen molar-refractivity contribution < 1.29 is 28.9 Å². The number of halogens is 1. The molecule has 0 unspecified atom stereocenters. The molecule has 0 aliphatic heterocycles. The van der Waals surface area contributed by atoms with E-state index in [4.69, 9.17) is 10.5 Å². The van der Waals surface area contributed by atoms with Crippen molar-refractivity contribution in [3.63, 3.8) is 0 Å². The number of esters is 1. The van der Waals surface area contributed by atoms with Gasteiger partial charge < -0.3 is 30.0 Å². The van der Waals surface area contributed by atoms with Crippen LogP contribution in [-0.4, -0.2) is 63.6 Å². The molecule has 33 heavy (non-hydrogen) atoms. The van der Waals surface area contributed by atoms with E-state index in [1.165, 1.54) is 19.4 Å². The minimum atomic E-state index is -0.843. The molecule has 9 nitrogen and oxygen atoms in total. The average molecular weight is 463 g/mol. The molecule has 0 aliphatic rings. The lowest BCUT2D eigenvalue weighted by Crippen LogP contribution is -2.29. The predicted molar refractivity (Wildman–Crippen MR) is 121 cm³/mol. The van der Waals surface area contributed by atoms with Crippen LogP contribution < -0.4 is 5.73 Å². The third kappa shape index (κ3) is 5.70. The van der Waals surface area contributed by atoms with Gasteiger partial charge in [-0.1, -0.05) is 13.8 Å². The Morgan fingerprint density at radius 2 is 2.09 bits per heavy atom. The fourth-order valence-electron chi connectivity index (χ4n) is 3.66. The van der Waals surface area contributed by atoms with E-state index in [0.717, 1.165) is 11.1 Å². The van der Waals surface area contributed by atoms with Crippen molar-refractivity contribution in [2.75, 3.05) is 32.7 Å². The zero-order valence-electron chi connectivity index (χ0n) is 19.1. The first kappa shape index (κ1) is 24.7. The summed E-state index contributed by atoms with van der Waals surface area (Å²) in [7, 11) is 1.31. The molecule has 2 aromatic heterocycles. The maximum Gasteiger partial charge on any atom is 0.341 e. The Labute approximate surface area is 191 Å². The van der Waals surface area contributed by atoms with Gasteiger partial charge in [0.15, 0.2) is 0 Å². The number of nitrogens with zero attached hydrogens (tertiary/aromatic N) is 3. The molecule has 0 radical (unpaired) electrons. The Morgan fingerprint density at radius 3 is 2.79 bits per heavy atom. The number of benzene rings is 1. The number of ether oxygens (including phenoxy) is 2. The van der Waals surface area contributed by atoms with Crippen molar-refractivity contribution in [2.24, 2.45) is 0 Å². The Hall–Kier alpha value is -2.95. The van der Waals surface area contributed by atoms with Gasteiger partial charge in [-0.15, -0.1) is 0 Å². The number of aliphatic hydroxyl groups excluding tert-OH is 2. The summed E-state index contributed by atoms with van der Waals surface area (Å²) < 4.78 is 27.8. The SMILES string of the molecule is COC(=O)c1cnn(CCCOC[C@@H](O)Cn2c(C(C)(C)CO)cc3cc(N)c(F)cc32)c1. The lowest BCUT2D eigenvalue weighted by molar-refractivity contribution is 0.0257. The number of anilines is 1. The Bertz CT molecular complexity index is 1110. The summed E-state index contributed by atoms with van der Waals surface area (Å²) in [4.78, 5) is 11.5. The number of carbonyl (C=O) groups excluding carboxylic acids is 1. The summed E-state index contributed by atoms with van der Waals surface area (Å²) in [5.41, 5.74) is 6.91. The van der Waals surface area contributed by atoms with Crippen molar-refractivity contribution in [3.05, 3.63) is 47.7 Å². The molecule has 0 spiro atoms. The molecule has 1 atom stereocenters. The monoisotopic (exact) mass is 462 g/mol. The van der Waals surface area contributed by atoms with Gasteiger partial charge in [0, 0.05) is 41.9 Å². The number of methoxy groups -OCH3 is 1. The van der Waals surface area contributed by atoms with Gasteiger partial charge in [-0.25, -0.2) is 9.18 Å². The Balaban J connectivity index is 1.59. The molecule has 0 fully saturated rings. The van der Waals surface area contributed by atoms with E-state index >= 15 is 0 Å². The van der Waals surface area contributed by atoms with E-state index in [1.807, 2.05) is 19.9 Å². The highest BCUT2D eigenvalue weighted by atomic mass is 19.1. The van der Waals surface area contributed by atoms with Crippen molar-refractivity contribution in [1.29, 1.82) is 0 Å². The number of hydrogen-bond acceptors (Lipinski definition) is 7. The van der Waals surface area contributed by atoms with E-state index in [2.05, 4.69) is 9.84 Å². The molecule has 10 heteroatoms. The van der Waals surface area contributed by atoms with Crippen LogP contribution in [0.3, 0.4) is 0 Å². The van der Waals surface area contributed by atoms with E-state index in [1.54, 1.807) is 21.5 Å². The first-order valence-electron chi connectivity index (χ1n) is 10.7. The van der Waals surface area contributed by atoms with Gasteiger partial charge in [0.25, 0.3) is 0 Å². The molecule has 0 bridgehead atoms. The van der Waals surface area contributed by atoms with Crippen LogP contribution in [0.15, 0.2) is 30.6 Å². The molecule has 0 saturated carbocycles. The summed E-state index contributed by atoms with van der Waals surface area (Å²) in [5.74, 6) is -0.973. The first-order valence-corrected chi connectivity index (χ1v) is 10.7. The summed E-state index contributed by atoms with van der Waals surface area (Å²) in [5, 5.41) is 25.3. The maximum atomic E-state index is 14.1. The van der Waals surface area contributed by atoms with Crippen LogP contribution in [0, 0.1) is 5.82 Å². The molecule has 3 aromatic rings. The highest BCUT2D eigenvalue weighted by Gasteiger charge is 2.26. The second kappa shape index (κ2) is 10.3. The van der Waals surface area contributed by atoms with Crippen LogP contribution in [0.5, 0.6) is 0 Å². The minimum Gasteiger partial charge on any atom is -0.465 e. The predicted octanol–water partition coefficient (Wildman–Crippen LogP) is 2.08. The van der Waals surface area contributed by atoms with E-state index in [-0.39, 0.29) is 25.4 Å². The number of carbonyl (C=O) groups is 1. The topological polar surface area (TPSA) is 125 Å². The number of fused-ring (bicyclic) bond motifs is 1. The zero-order chi connectivity index (χ0) is 24.2. The summed E-state index contributed by atoms with van der Waals surface area (Å²) in [6.45, 7) is 4.83. The van der Waals surface area contributed by atoms with E-state index in [0.29, 0.717) is 30.7 Å². The van der Waals surface area contributed by atoms with Crippen LogP contribution in [0.1, 0.15) is 36.3 Å². The lowest BCUT2D eigenvalue weighted by Gasteiger charge is -2.26. The highest BCUT2D eigenvalue weighted by Crippen LogP contribution is 2.32. The van der Waals surface area contributed by atoms with Gasteiger partial charge in [0.05, 0.1) is 55.9 Å². The number of nitrogens with two attached hydrogens (primary N) is 1. The first-order chi connectivity index (χ1) is 15.7. The second-order valence-electron chi connectivity index (χ2n) is 8.68. The molecule has 0 aliphatic carbocycles. The molecule has 4 N–H and O–H groups in total. The standard InChI is InChI=1S/C23H31FN4O5/c1-23(2,14-29)21-8-15-7-19(25)18(24)9-20(15)28(21)12-17(30)13-33-6-4-5-27-11-16(10-26-27)22(31)32-3/h7-11,17,29-30H,4-6,12-14,25H2,1-3H3/t17-/m0/s1. The number of aromatic nitrogens is 3. The highest BCUT2D eigenvalue weighted by molar-refractivity contribution is 5.88. The quantitative estimate of drug-likeness (QED) is 0.226. The van der Waals surface area contributed by atoms with Crippen LogP contribution >= 0.6 is 0 Å². The van der Waals surface area contributed by atoms with Gasteiger partial charge in [0.2, 0.25) is 0 Å². The molecule has 2 heterocycles. The number of aliphatic hydroxyl groups is 2. The van der Waals surface area contributed by atoms with E-state index < -0.39 is 23.3 Å². The van der Waals surface area contributed by atoms with Crippen LogP contribution in [0.2, 0.25) is 0 Å². The fraction of sp³-hybridized carbons (Fsp3) is 0.478.